The van der Waals surface area contributed by atoms with Crippen LogP contribution in [0.2, 0.25) is 0 Å². The highest BCUT2D eigenvalue weighted by atomic mass is 79.9. The molecule has 0 fully saturated rings. The summed E-state index contributed by atoms with van der Waals surface area (Å²) in [5.74, 6) is 0. The van der Waals surface area contributed by atoms with Gasteiger partial charge in [0.15, 0.2) is 0 Å². The zero-order valence-electron chi connectivity index (χ0n) is 10.1. The Morgan fingerprint density at radius 2 is 1.83 bits per heavy atom. The summed E-state index contributed by atoms with van der Waals surface area (Å²) in [7, 11) is 0. The number of benzene rings is 2. The molecule has 0 atom stereocenters. The third-order valence-corrected chi connectivity index (χ3v) is 4.08. The molecule has 18 heavy (non-hydrogen) atoms. The molecule has 0 amide bonds. The Morgan fingerprint density at radius 3 is 2.61 bits per heavy atom. The molecule has 2 aromatic rings. The van der Waals surface area contributed by atoms with Gasteiger partial charge < -0.3 is 10.6 Å². The number of rotatable bonds is 1. The third kappa shape index (κ3) is 2.10. The van der Waals surface area contributed by atoms with Crippen molar-refractivity contribution in [2.45, 2.75) is 13.0 Å². The Balaban J connectivity index is 1.92. The average molecular weight is 303 g/mol. The van der Waals surface area contributed by atoms with E-state index in [2.05, 4.69) is 51.2 Å². The summed E-state index contributed by atoms with van der Waals surface area (Å²) in [5.41, 5.74) is 10.7. The molecule has 1 aliphatic heterocycles. The minimum Gasteiger partial charge on any atom is -0.399 e. The molecule has 2 aromatic carbocycles. The number of nitrogen functional groups attached to an aromatic ring is 1. The van der Waals surface area contributed by atoms with E-state index in [0.717, 1.165) is 29.7 Å². The summed E-state index contributed by atoms with van der Waals surface area (Å²) in [5, 5.41) is 0. The van der Waals surface area contributed by atoms with Crippen LogP contribution in [0.3, 0.4) is 0 Å². The van der Waals surface area contributed by atoms with E-state index in [-0.39, 0.29) is 0 Å². The lowest BCUT2D eigenvalue weighted by molar-refractivity contribution is 0.730. The van der Waals surface area contributed by atoms with Gasteiger partial charge in [0, 0.05) is 23.2 Å². The molecule has 1 heterocycles. The van der Waals surface area contributed by atoms with Crippen molar-refractivity contribution in [3.63, 3.8) is 0 Å². The normalized spacial score (nSPS) is 14.4. The van der Waals surface area contributed by atoms with E-state index >= 15 is 0 Å². The predicted molar refractivity (Wildman–Crippen MR) is 79.8 cm³/mol. The molecule has 2 N–H and O–H groups in total. The molecule has 0 spiro atoms. The summed E-state index contributed by atoms with van der Waals surface area (Å²) in [6, 6.07) is 14.7. The zero-order valence-corrected chi connectivity index (χ0v) is 11.7. The molecular formula is C15H15BrN2. The van der Waals surface area contributed by atoms with Crippen molar-refractivity contribution in [2.75, 3.05) is 17.2 Å². The fourth-order valence-electron chi connectivity index (χ4n) is 2.48. The van der Waals surface area contributed by atoms with Gasteiger partial charge in [0.25, 0.3) is 0 Å². The first-order chi connectivity index (χ1) is 8.74. The lowest BCUT2D eigenvalue weighted by Crippen LogP contribution is -2.30. The van der Waals surface area contributed by atoms with Gasteiger partial charge in [0.05, 0.1) is 5.69 Å². The maximum atomic E-state index is 5.79. The van der Waals surface area contributed by atoms with Crippen molar-refractivity contribution >= 4 is 27.3 Å². The lowest BCUT2D eigenvalue weighted by atomic mass is 9.99. The first-order valence-electron chi connectivity index (χ1n) is 6.11. The van der Waals surface area contributed by atoms with E-state index in [1.165, 1.54) is 16.8 Å². The number of halogens is 1. The molecule has 0 unspecified atom stereocenters. The van der Waals surface area contributed by atoms with Crippen LogP contribution >= 0.6 is 15.9 Å². The summed E-state index contributed by atoms with van der Waals surface area (Å²) in [6.07, 6.45) is 1.10. The molecule has 0 bridgehead atoms. The van der Waals surface area contributed by atoms with Crippen LogP contribution in [0.1, 0.15) is 11.1 Å². The maximum Gasteiger partial charge on any atom is 0.0515 e. The second-order valence-electron chi connectivity index (χ2n) is 4.65. The zero-order chi connectivity index (χ0) is 12.5. The standard InChI is InChI=1S/C15H15BrN2/c16-14-9-13(17)5-6-15(14)18-8-7-11-3-1-2-4-12(11)10-18/h1-6,9H,7-8,10,17H2. The maximum absolute atomic E-state index is 5.79. The van der Waals surface area contributed by atoms with Crippen molar-refractivity contribution in [3.05, 3.63) is 58.1 Å². The molecule has 0 saturated carbocycles. The first kappa shape index (κ1) is 11.6. The van der Waals surface area contributed by atoms with Gasteiger partial charge in [-0.2, -0.15) is 0 Å². The Kier molecular flexibility index (Phi) is 3.00. The highest BCUT2D eigenvalue weighted by molar-refractivity contribution is 9.10. The van der Waals surface area contributed by atoms with Gasteiger partial charge in [-0.25, -0.2) is 0 Å². The van der Waals surface area contributed by atoms with Crippen molar-refractivity contribution in [3.8, 4) is 0 Å². The Labute approximate surface area is 116 Å². The van der Waals surface area contributed by atoms with E-state index in [1.807, 2.05) is 12.1 Å². The summed E-state index contributed by atoms with van der Waals surface area (Å²) < 4.78 is 1.07. The molecular weight excluding hydrogens is 288 g/mol. The largest absolute Gasteiger partial charge is 0.399 e. The van der Waals surface area contributed by atoms with Crippen molar-refractivity contribution in [1.29, 1.82) is 0 Å². The fraction of sp³-hybridized carbons (Fsp3) is 0.200. The highest BCUT2D eigenvalue weighted by Crippen LogP contribution is 2.31. The van der Waals surface area contributed by atoms with E-state index in [9.17, 15) is 0 Å². The van der Waals surface area contributed by atoms with Crippen LogP contribution in [0.4, 0.5) is 11.4 Å². The fourth-order valence-corrected chi connectivity index (χ4v) is 3.13. The van der Waals surface area contributed by atoms with Crippen LogP contribution in [0.25, 0.3) is 0 Å². The Morgan fingerprint density at radius 1 is 1.06 bits per heavy atom. The van der Waals surface area contributed by atoms with Gasteiger partial charge in [-0.15, -0.1) is 0 Å². The summed E-state index contributed by atoms with van der Waals surface area (Å²) in [6.45, 7) is 2.03. The molecule has 1 aliphatic rings. The third-order valence-electron chi connectivity index (χ3n) is 3.44. The average Bonchev–Trinajstić information content (AvgIpc) is 2.38. The highest BCUT2D eigenvalue weighted by Gasteiger charge is 2.17. The number of hydrogen-bond donors (Lipinski definition) is 1. The monoisotopic (exact) mass is 302 g/mol. The smallest absolute Gasteiger partial charge is 0.0515 e. The molecule has 0 radical (unpaired) electrons. The van der Waals surface area contributed by atoms with Crippen LogP contribution < -0.4 is 10.6 Å². The Hall–Kier alpha value is -1.48. The van der Waals surface area contributed by atoms with E-state index in [1.54, 1.807) is 0 Å². The van der Waals surface area contributed by atoms with Gasteiger partial charge in [0.1, 0.15) is 0 Å². The minimum atomic E-state index is 0.794. The summed E-state index contributed by atoms with van der Waals surface area (Å²) in [4.78, 5) is 2.39. The van der Waals surface area contributed by atoms with Crippen LogP contribution in [0.15, 0.2) is 46.9 Å². The molecule has 0 aliphatic carbocycles. The van der Waals surface area contributed by atoms with Crippen LogP contribution in [0, 0.1) is 0 Å². The van der Waals surface area contributed by atoms with Crippen LogP contribution in [-0.4, -0.2) is 6.54 Å². The van der Waals surface area contributed by atoms with E-state index < -0.39 is 0 Å². The van der Waals surface area contributed by atoms with Gasteiger partial charge >= 0.3 is 0 Å². The minimum absolute atomic E-state index is 0.794. The molecule has 0 aromatic heterocycles. The van der Waals surface area contributed by atoms with E-state index in [4.69, 9.17) is 5.73 Å². The Bertz CT molecular complexity index is 580. The van der Waals surface area contributed by atoms with Gasteiger partial charge in [-0.05, 0) is 51.7 Å². The second kappa shape index (κ2) is 4.65. The van der Waals surface area contributed by atoms with Crippen molar-refractivity contribution in [2.24, 2.45) is 0 Å². The number of hydrogen-bond acceptors (Lipinski definition) is 2. The summed E-state index contributed by atoms with van der Waals surface area (Å²) >= 11 is 3.60. The molecule has 92 valence electrons. The van der Waals surface area contributed by atoms with Crippen LogP contribution in [-0.2, 0) is 13.0 Å². The molecule has 3 rings (SSSR count). The topological polar surface area (TPSA) is 29.3 Å². The van der Waals surface area contributed by atoms with E-state index in [0.29, 0.717) is 0 Å². The second-order valence-corrected chi connectivity index (χ2v) is 5.51. The van der Waals surface area contributed by atoms with Crippen molar-refractivity contribution < 1.29 is 0 Å². The SMILES string of the molecule is Nc1ccc(N2CCc3ccccc3C2)c(Br)c1. The van der Waals surface area contributed by atoms with Crippen LogP contribution in [0.5, 0.6) is 0 Å². The lowest BCUT2D eigenvalue weighted by Gasteiger charge is -2.31. The quantitative estimate of drug-likeness (QED) is 0.816. The number of anilines is 2. The van der Waals surface area contributed by atoms with Gasteiger partial charge in [0.2, 0.25) is 0 Å². The van der Waals surface area contributed by atoms with Gasteiger partial charge in [-0.3, -0.25) is 0 Å². The predicted octanol–water partition coefficient (Wildman–Crippen LogP) is 3.59. The first-order valence-corrected chi connectivity index (χ1v) is 6.90. The molecule has 3 heteroatoms. The van der Waals surface area contributed by atoms with Crippen molar-refractivity contribution in [1.82, 2.24) is 0 Å². The molecule has 0 saturated heterocycles. The number of fused-ring (bicyclic) bond motifs is 1. The molecule has 2 nitrogen and oxygen atoms in total. The number of nitrogens with zero attached hydrogens (tertiary/aromatic N) is 1. The van der Waals surface area contributed by atoms with Gasteiger partial charge in [-0.1, -0.05) is 24.3 Å². The number of nitrogens with two attached hydrogens (primary N) is 1.